The van der Waals surface area contributed by atoms with E-state index in [1.165, 1.54) is 33.4 Å². The molecule has 3 aromatic rings. The molecule has 32 heavy (non-hydrogen) atoms. The summed E-state index contributed by atoms with van der Waals surface area (Å²) in [6.45, 7) is 4.40. The first-order chi connectivity index (χ1) is 15.4. The van der Waals surface area contributed by atoms with E-state index in [1.807, 2.05) is 26.0 Å². The summed E-state index contributed by atoms with van der Waals surface area (Å²) in [7, 11) is -3.60. The number of hydrogen-bond donors (Lipinski definition) is 1. The monoisotopic (exact) mass is 473 g/mol. The third-order valence-corrected chi connectivity index (χ3v) is 8.70. The molecule has 1 aliphatic carbocycles. The van der Waals surface area contributed by atoms with E-state index < -0.39 is 10.0 Å². The summed E-state index contributed by atoms with van der Waals surface area (Å²) in [5.74, 6) is 0.0901. The van der Waals surface area contributed by atoms with Crippen LogP contribution in [0.3, 0.4) is 0 Å². The first kappa shape index (κ1) is 22.8. The Morgan fingerprint density at radius 1 is 1.19 bits per heavy atom. The summed E-state index contributed by atoms with van der Waals surface area (Å²) < 4.78 is 28.8. The lowest BCUT2D eigenvalue weighted by Gasteiger charge is -2.26. The van der Waals surface area contributed by atoms with Crippen LogP contribution in [0.5, 0.6) is 0 Å². The van der Waals surface area contributed by atoms with Crippen molar-refractivity contribution in [1.82, 2.24) is 24.2 Å². The Kier molecular flexibility index (Phi) is 6.82. The number of aromatic nitrogens is 3. The zero-order chi connectivity index (χ0) is 22.7. The Hall–Kier alpha value is -2.43. The average molecular weight is 474 g/mol. The minimum absolute atomic E-state index is 0.0222. The minimum atomic E-state index is -3.60. The van der Waals surface area contributed by atoms with Gasteiger partial charge in [-0.1, -0.05) is 49.9 Å². The number of sulfonamides is 1. The number of rotatable bonds is 8. The van der Waals surface area contributed by atoms with E-state index >= 15 is 0 Å². The van der Waals surface area contributed by atoms with Gasteiger partial charge in [-0.2, -0.15) is 4.31 Å². The van der Waals surface area contributed by atoms with Gasteiger partial charge in [0.25, 0.3) is 0 Å². The van der Waals surface area contributed by atoms with Gasteiger partial charge in [-0.15, -0.1) is 10.2 Å². The molecular weight excluding hydrogens is 446 g/mol. The van der Waals surface area contributed by atoms with E-state index in [-0.39, 0.29) is 22.6 Å². The van der Waals surface area contributed by atoms with Crippen LogP contribution in [0.4, 0.5) is 0 Å². The molecule has 10 heteroatoms. The highest BCUT2D eigenvalue weighted by molar-refractivity contribution is 7.99. The van der Waals surface area contributed by atoms with E-state index in [1.54, 1.807) is 16.5 Å². The lowest BCUT2D eigenvalue weighted by Crippen LogP contribution is -2.32. The predicted molar refractivity (Wildman–Crippen MR) is 124 cm³/mol. The number of hydrogen-bond acceptors (Lipinski definition) is 6. The Morgan fingerprint density at radius 2 is 1.97 bits per heavy atom. The number of thioether (sulfide) groups is 1. The third kappa shape index (κ3) is 4.53. The normalized spacial score (nSPS) is 16.3. The van der Waals surface area contributed by atoms with Gasteiger partial charge in [0.15, 0.2) is 10.8 Å². The molecule has 0 saturated carbocycles. The Bertz CT molecular complexity index is 1220. The van der Waals surface area contributed by atoms with Crippen molar-refractivity contribution in [3.63, 3.8) is 0 Å². The Balaban J connectivity index is 1.48. The number of amides is 1. The van der Waals surface area contributed by atoms with Gasteiger partial charge in [0, 0.05) is 19.3 Å². The van der Waals surface area contributed by atoms with Crippen molar-refractivity contribution in [3.8, 4) is 0 Å². The van der Waals surface area contributed by atoms with Crippen molar-refractivity contribution < 1.29 is 13.2 Å². The number of pyridine rings is 1. The number of aryl methyl sites for hydroxylation is 1. The molecule has 170 valence electrons. The van der Waals surface area contributed by atoms with E-state index in [4.69, 9.17) is 0 Å². The molecule has 2 heterocycles. The van der Waals surface area contributed by atoms with Crippen molar-refractivity contribution >= 4 is 33.3 Å². The highest BCUT2D eigenvalue weighted by atomic mass is 32.2. The van der Waals surface area contributed by atoms with E-state index in [9.17, 15) is 13.2 Å². The largest absolute Gasteiger partial charge is 0.349 e. The number of benzene rings is 1. The van der Waals surface area contributed by atoms with Gasteiger partial charge in [0.05, 0.1) is 16.7 Å². The van der Waals surface area contributed by atoms with Gasteiger partial charge < -0.3 is 5.32 Å². The molecule has 1 N–H and O–H groups in total. The van der Waals surface area contributed by atoms with Crippen molar-refractivity contribution in [3.05, 3.63) is 53.7 Å². The Labute approximate surface area is 192 Å². The minimum Gasteiger partial charge on any atom is -0.349 e. The fourth-order valence-electron chi connectivity index (χ4n) is 4.08. The van der Waals surface area contributed by atoms with Crippen LogP contribution in [0.1, 0.15) is 43.9 Å². The zero-order valence-corrected chi connectivity index (χ0v) is 19.8. The van der Waals surface area contributed by atoms with Crippen LogP contribution in [0.25, 0.3) is 5.65 Å². The summed E-state index contributed by atoms with van der Waals surface area (Å²) in [6, 6.07) is 11.4. The molecule has 2 aromatic heterocycles. The molecule has 8 nitrogen and oxygen atoms in total. The maximum absolute atomic E-state index is 12.9. The number of nitrogens with zero attached hydrogens (tertiary/aromatic N) is 4. The first-order valence-corrected chi connectivity index (χ1v) is 13.2. The van der Waals surface area contributed by atoms with Crippen LogP contribution in [0.2, 0.25) is 0 Å². The molecule has 0 bridgehead atoms. The van der Waals surface area contributed by atoms with E-state index in [2.05, 4.69) is 27.6 Å². The summed E-state index contributed by atoms with van der Waals surface area (Å²) in [5, 5.41) is 11.9. The van der Waals surface area contributed by atoms with Crippen molar-refractivity contribution in [2.75, 3.05) is 18.8 Å². The van der Waals surface area contributed by atoms with Crippen LogP contribution in [-0.2, 0) is 21.2 Å². The fraction of sp³-hybridized carbons (Fsp3) is 0.409. The van der Waals surface area contributed by atoms with Gasteiger partial charge in [-0.05, 0) is 42.5 Å². The molecule has 0 saturated heterocycles. The quantitative estimate of drug-likeness (QED) is 0.505. The van der Waals surface area contributed by atoms with E-state index in [0.717, 1.165) is 19.3 Å². The van der Waals surface area contributed by atoms with Crippen LogP contribution in [-0.4, -0.2) is 52.1 Å². The number of carbonyl (C=O) groups is 1. The second-order valence-electron chi connectivity index (χ2n) is 7.66. The lowest BCUT2D eigenvalue weighted by atomic mass is 9.88. The average Bonchev–Trinajstić information content (AvgIpc) is 3.21. The summed E-state index contributed by atoms with van der Waals surface area (Å²) in [4.78, 5) is 12.8. The second kappa shape index (κ2) is 9.60. The zero-order valence-electron chi connectivity index (χ0n) is 18.2. The van der Waals surface area contributed by atoms with Crippen LogP contribution in [0, 0.1) is 0 Å². The highest BCUT2D eigenvalue weighted by Gasteiger charge is 2.24. The standard InChI is InChI=1S/C22H27N5O3S2/c1-3-26(4-2)32(29,30)17-12-13-20-24-25-22(27(20)14-17)31-15-21(28)23-19-11-7-9-16-8-5-6-10-18(16)19/h5-6,8,10,12-14,19H,3-4,7,9,11,15H2,1-2H3,(H,23,28). The highest BCUT2D eigenvalue weighted by Crippen LogP contribution is 2.29. The number of nitrogens with one attached hydrogen (secondary N) is 1. The lowest BCUT2D eigenvalue weighted by molar-refractivity contribution is -0.119. The molecule has 0 fully saturated rings. The smallest absolute Gasteiger partial charge is 0.244 e. The molecule has 1 atom stereocenters. The SMILES string of the molecule is CCN(CC)S(=O)(=O)c1ccc2nnc(SCC(=O)NC3CCCc4ccccc43)n2c1. The van der Waals surface area contributed by atoms with Gasteiger partial charge in [0.2, 0.25) is 15.9 Å². The van der Waals surface area contributed by atoms with Crippen LogP contribution >= 0.6 is 11.8 Å². The van der Waals surface area contributed by atoms with Crippen molar-refractivity contribution in [2.45, 2.75) is 49.2 Å². The molecule has 0 spiro atoms. The predicted octanol–water partition coefficient (Wildman–Crippen LogP) is 3.05. The van der Waals surface area contributed by atoms with Crippen LogP contribution < -0.4 is 5.32 Å². The van der Waals surface area contributed by atoms with Crippen molar-refractivity contribution in [2.24, 2.45) is 0 Å². The van der Waals surface area contributed by atoms with Crippen LogP contribution in [0.15, 0.2) is 52.6 Å². The fourth-order valence-corrected chi connectivity index (χ4v) is 6.27. The molecule has 1 amide bonds. The summed E-state index contributed by atoms with van der Waals surface area (Å²) in [6.07, 6.45) is 4.55. The van der Waals surface area contributed by atoms with E-state index in [0.29, 0.717) is 23.9 Å². The van der Waals surface area contributed by atoms with Crippen molar-refractivity contribution in [1.29, 1.82) is 0 Å². The molecule has 4 rings (SSSR count). The van der Waals surface area contributed by atoms with Gasteiger partial charge in [-0.3, -0.25) is 9.20 Å². The molecule has 0 radical (unpaired) electrons. The summed E-state index contributed by atoms with van der Waals surface area (Å²) >= 11 is 1.24. The number of carbonyl (C=O) groups excluding carboxylic acids is 1. The first-order valence-electron chi connectivity index (χ1n) is 10.8. The Morgan fingerprint density at radius 3 is 2.75 bits per heavy atom. The molecule has 0 aliphatic heterocycles. The molecule has 1 aromatic carbocycles. The third-order valence-electron chi connectivity index (χ3n) is 5.72. The number of fused-ring (bicyclic) bond motifs is 2. The molecule has 1 unspecified atom stereocenters. The van der Waals surface area contributed by atoms with Gasteiger partial charge in [-0.25, -0.2) is 8.42 Å². The topological polar surface area (TPSA) is 96.7 Å². The molecule has 1 aliphatic rings. The second-order valence-corrected chi connectivity index (χ2v) is 10.5. The maximum atomic E-state index is 12.9. The molecular formula is C22H27N5O3S2. The van der Waals surface area contributed by atoms with Gasteiger partial charge in [0.1, 0.15) is 0 Å². The maximum Gasteiger partial charge on any atom is 0.244 e. The van der Waals surface area contributed by atoms with Gasteiger partial charge >= 0.3 is 0 Å². The summed E-state index contributed by atoms with van der Waals surface area (Å²) in [5.41, 5.74) is 3.02.